The Hall–Kier alpha value is -0.0100. The molecule has 1 amide bonds. The Bertz CT molecular complexity index is 415. The van der Waals surface area contributed by atoms with Crippen LogP contribution < -0.4 is 4.90 Å². The van der Waals surface area contributed by atoms with Crippen molar-refractivity contribution in [2.45, 2.75) is 11.7 Å². The van der Waals surface area contributed by atoms with Crippen molar-refractivity contribution in [2.75, 3.05) is 11.4 Å². The lowest BCUT2D eigenvalue weighted by atomic mass is 10.4. The zero-order valence-electron chi connectivity index (χ0n) is 7.65. The van der Waals surface area contributed by atoms with Gasteiger partial charge in [0.05, 0.1) is 8.59 Å². The summed E-state index contributed by atoms with van der Waals surface area (Å²) in [5, 5.41) is 0.716. The van der Waals surface area contributed by atoms with Crippen LogP contribution in [0.3, 0.4) is 0 Å². The monoisotopic (exact) mass is 354 g/mol. The van der Waals surface area contributed by atoms with E-state index in [-0.39, 0.29) is 11.2 Å². The SMILES string of the molecule is O=C1CC(S)CN1c1cc(Cl)c(I)cn1. The van der Waals surface area contributed by atoms with E-state index in [0.29, 0.717) is 23.8 Å². The summed E-state index contributed by atoms with van der Waals surface area (Å²) in [5.41, 5.74) is 0. The Kier molecular flexibility index (Phi) is 3.42. The summed E-state index contributed by atoms with van der Waals surface area (Å²) in [6, 6.07) is 1.72. The van der Waals surface area contributed by atoms with Crippen LogP contribution in [0.2, 0.25) is 5.02 Å². The van der Waals surface area contributed by atoms with E-state index in [4.69, 9.17) is 11.6 Å². The topological polar surface area (TPSA) is 33.2 Å². The minimum absolute atomic E-state index is 0.0553. The van der Waals surface area contributed by atoms with Crippen LogP contribution in [0.1, 0.15) is 6.42 Å². The molecular weight excluding hydrogens is 347 g/mol. The number of carbonyl (C=O) groups excluding carboxylic acids is 1. The van der Waals surface area contributed by atoms with Gasteiger partial charge in [0.15, 0.2) is 0 Å². The molecule has 3 nitrogen and oxygen atoms in total. The molecule has 1 unspecified atom stereocenters. The summed E-state index contributed by atoms with van der Waals surface area (Å²) >= 11 is 12.4. The molecule has 1 aromatic rings. The lowest BCUT2D eigenvalue weighted by Crippen LogP contribution is -2.25. The van der Waals surface area contributed by atoms with Gasteiger partial charge >= 0.3 is 0 Å². The van der Waals surface area contributed by atoms with Crippen LogP contribution in [-0.2, 0) is 4.79 Å². The van der Waals surface area contributed by atoms with Gasteiger partial charge in [0.25, 0.3) is 0 Å². The number of pyridine rings is 1. The number of halogens is 2. The molecule has 2 heterocycles. The fraction of sp³-hybridized carbons (Fsp3) is 0.333. The molecule has 1 saturated heterocycles. The van der Waals surface area contributed by atoms with Crippen LogP contribution in [0.15, 0.2) is 12.3 Å². The average molecular weight is 355 g/mol. The highest BCUT2D eigenvalue weighted by molar-refractivity contribution is 14.1. The highest BCUT2D eigenvalue weighted by Crippen LogP contribution is 2.26. The molecule has 15 heavy (non-hydrogen) atoms. The van der Waals surface area contributed by atoms with Gasteiger partial charge in [-0.25, -0.2) is 4.98 Å². The molecule has 1 atom stereocenters. The number of aromatic nitrogens is 1. The normalized spacial score (nSPS) is 21.1. The van der Waals surface area contributed by atoms with Gasteiger partial charge in [0, 0.05) is 30.5 Å². The van der Waals surface area contributed by atoms with Crippen molar-refractivity contribution in [2.24, 2.45) is 0 Å². The van der Waals surface area contributed by atoms with Gasteiger partial charge in [-0.1, -0.05) is 11.6 Å². The Morgan fingerprint density at radius 3 is 2.93 bits per heavy atom. The molecule has 0 aromatic carbocycles. The maximum absolute atomic E-state index is 11.6. The molecule has 1 aromatic heterocycles. The molecule has 0 aliphatic carbocycles. The molecule has 0 bridgehead atoms. The van der Waals surface area contributed by atoms with Gasteiger partial charge in [-0.15, -0.1) is 0 Å². The first-order valence-corrected chi connectivity index (χ1v) is 6.34. The van der Waals surface area contributed by atoms with Crippen molar-refractivity contribution >= 4 is 58.5 Å². The Balaban J connectivity index is 2.30. The van der Waals surface area contributed by atoms with Gasteiger partial charge in [-0.2, -0.15) is 12.6 Å². The van der Waals surface area contributed by atoms with E-state index in [1.54, 1.807) is 17.2 Å². The standard InChI is InChI=1S/C9H8ClIN2OS/c10-6-2-8(12-3-7(6)11)13-4-5(15)1-9(13)14/h2-3,5,15H,1,4H2. The van der Waals surface area contributed by atoms with E-state index in [9.17, 15) is 4.79 Å². The van der Waals surface area contributed by atoms with E-state index in [1.807, 2.05) is 0 Å². The summed E-state index contributed by atoms with van der Waals surface area (Å²) in [6.45, 7) is 0.603. The van der Waals surface area contributed by atoms with E-state index in [1.165, 1.54) is 0 Å². The molecule has 1 aliphatic rings. The molecule has 0 radical (unpaired) electrons. The van der Waals surface area contributed by atoms with Crippen LogP contribution in [0.5, 0.6) is 0 Å². The largest absolute Gasteiger partial charge is 0.296 e. The molecule has 0 spiro atoms. The number of thiol groups is 1. The third kappa shape index (κ3) is 2.39. The van der Waals surface area contributed by atoms with Crippen molar-refractivity contribution in [3.05, 3.63) is 20.9 Å². The first-order valence-electron chi connectivity index (χ1n) is 4.37. The third-order valence-corrected chi connectivity index (χ3v) is 4.01. The van der Waals surface area contributed by atoms with Crippen molar-refractivity contribution in [3.63, 3.8) is 0 Å². The summed E-state index contributed by atoms with van der Waals surface area (Å²) in [7, 11) is 0. The maximum Gasteiger partial charge on any atom is 0.229 e. The summed E-state index contributed by atoms with van der Waals surface area (Å²) in [4.78, 5) is 17.4. The molecule has 2 rings (SSSR count). The number of rotatable bonds is 1. The second-order valence-corrected chi connectivity index (χ2v) is 5.62. The summed E-state index contributed by atoms with van der Waals surface area (Å²) < 4.78 is 0.882. The minimum atomic E-state index is 0.0553. The second-order valence-electron chi connectivity index (χ2n) is 3.32. The Labute approximate surface area is 112 Å². The zero-order chi connectivity index (χ0) is 11.0. The van der Waals surface area contributed by atoms with Crippen LogP contribution in [0.25, 0.3) is 0 Å². The highest BCUT2D eigenvalue weighted by atomic mass is 127. The van der Waals surface area contributed by atoms with E-state index in [0.717, 1.165) is 3.57 Å². The van der Waals surface area contributed by atoms with Crippen molar-refractivity contribution < 1.29 is 4.79 Å². The van der Waals surface area contributed by atoms with Gasteiger partial charge in [0.2, 0.25) is 5.91 Å². The van der Waals surface area contributed by atoms with Gasteiger partial charge in [-0.3, -0.25) is 9.69 Å². The van der Waals surface area contributed by atoms with Crippen molar-refractivity contribution in [1.29, 1.82) is 0 Å². The van der Waals surface area contributed by atoms with Crippen LogP contribution in [0, 0.1) is 3.57 Å². The Morgan fingerprint density at radius 2 is 2.40 bits per heavy atom. The van der Waals surface area contributed by atoms with Gasteiger partial charge < -0.3 is 0 Å². The lowest BCUT2D eigenvalue weighted by molar-refractivity contribution is -0.117. The maximum atomic E-state index is 11.6. The van der Waals surface area contributed by atoms with Crippen molar-refractivity contribution in [3.8, 4) is 0 Å². The van der Waals surface area contributed by atoms with E-state index >= 15 is 0 Å². The number of amides is 1. The number of hydrogen-bond acceptors (Lipinski definition) is 3. The molecule has 0 saturated carbocycles. The predicted molar refractivity (Wildman–Crippen MR) is 71.7 cm³/mol. The second kappa shape index (κ2) is 4.47. The summed E-state index contributed by atoms with van der Waals surface area (Å²) in [5.74, 6) is 0.668. The average Bonchev–Trinajstić information content (AvgIpc) is 2.50. The minimum Gasteiger partial charge on any atom is -0.296 e. The molecule has 0 N–H and O–H groups in total. The van der Waals surface area contributed by atoms with Crippen LogP contribution in [0.4, 0.5) is 5.82 Å². The van der Waals surface area contributed by atoms with E-state index < -0.39 is 0 Å². The smallest absolute Gasteiger partial charge is 0.229 e. The quantitative estimate of drug-likeness (QED) is 0.620. The molecule has 1 aliphatic heterocycles. The number of hydrogen-bond donors (Lipinski definition) is 1. The molecule has 6 heteroatoms. The first kappa shape index (κ1) is 11.5. The van der Waals surface area contributed by atoms with E-state index in [2.05, 4.69) is 40.2 Å². The van der Waals surface area contributed by atoms with Gasteiger partial charge in [0.1, 0.15) is 5.82 Å². The zero-order valence-corrected chi connectivity index (χ0v) is 11.5. The summed E-state index contributed by atoms with van der Waals surface area (Å²) in [6.07, 6.45) is 2.13. The Morgan fingerprint density at radius 1 is 1.67 bits per heavy atom. The predicted octanol–water partition coefficient (Wildman–Crippen LogP) is 2.37. The number of carbonyl (C=O) groups is 1. The lowest BCUT2D eigenvalue weighted by Gasteiger charge is -2.14. The van der Waals surface area contributed by atoms with Gasteiger partial charge in [-0.05, 0) is 22.6 Å². The van der Waals surface area contributed by atoms with Crippen LogP contribution >= 0.6 is 46.8 Å². The third-order valence-electron chi connectivity index (χ3n) is 2.18. The first-order chi connectivity index (χ1) is 7.08. The number of nitrogens with zero attached hydrogens (tertiary/aromatic N) is 2. The highest BCUT2D eigenvalue weighted by Gasteiger charge is 2.29. The fourth-order valence-electron chi connectivity index (χ4n) is 1.46. The van der Waals surface area contributed by atoms with Crippen LogP contribution in [-0.4, -0.2) is 22.7 Å². The molecular formula is C9H8ClIN2OS. The molecule has 1 fully saturated rings. The van der Waals surface area contributed by atoms with Crippen molar-refractivity contribution in [1.82, 2.24) is 4.98 Å². The molecule has 80 valence electrons. The number of anilines is 1. The fourth-order valence-corrected chi connectivity index (χ4v) is 2.22.